The number of nitrogens with zero attached hydrogens (tertiary/aromatic N) is 2. The lowest BCUT2D eigenvalue weighted by Crippen LogP contribution is -2.38. The molecule has 1 fully saturated rings. The molecule has 0 bridgehead atoms. The van der Waals surface area contributed by atoms with Crippen LogP contribution in [0.2, 0.25) is 0 Å². The normalized spacial score (nSPS) is 17.2. The van der Waals surface area contributed by atoms with Crippen molar-refractivity contribution in [2.45, 2.75) is 25.8 Å². The zero-order valence-electron chi connectivity index (χ0n) is 18.7. The van der Waals surface area contributed by atoms with Crippen molar-refractivity contribution in [1.29, 1.82) is 0 Å². The maximum Gasteiger partial charge on any atom is 0.278 e. The minimum Gasteiger partial charge on any atom is -0.366 e. The van der Waals surface area contributed by atoms with Crippen molar-refractivity contribution >= 4 is 17.4 Å². The van der Waals surface area contributed by atoms with E-state index in [0.29, 0.717) is 23.7 Å². The molecule has 2 aliphatic heterocycles. The number of carbonyl (C=O) groups is 2. The quantitative estimate of drug-likeness (QED) is 0.515. The molecule has 0 radical (unpaired) electrons. The minimum absolute atomic E-state index is 0.177. The van der Waals surface area contributed by atoms with Gasteiger partial charge in [0.25, 0.3) is 11.8 Å². The second-order valence-electron chi connectivity index (χ2n) is 8.89. The number of benzene rings is 3. The molecular weight excluding hydrogens is 408 g/mol. The van der Waals surface area contributed by atoms with Crippen LogP contribution >= 0.6 is 0 Å². The molecule has 0 aliphatic carbocycles. The molecule has 0 aromatic heterocycles. The minimum atomic E-state index is -0.198. The van der Waals surface area contributed by atoms with Crippen molar-refractivity contribution in [2.24, 2.45) is 5.92 Å². The highest BCUT2D eigenvalue weighted by Crippen LogP contribution is 2.35. The van der Waals surface area contributed by atoms with Crippen LogP contribution in [0, 0.1) is 5.92 Å². The van der Waals surface area contributed by atoms with Gasteiger partial charge in [0.15, 0.2) is 0 Å². The molecule has 0 N–H and O–H groups in total. The Hall–Kier alpha value is -3.66. The third-order valence-electron chi connectivity index (χ3n) is 6.69. The molecule has 2 heterocycles. The first kappa shape index (κ1) is 21.2. The highest BCUT2D eigenvalue weighted by Gasteiger charge is 2.42. The molecule has 0 saturated carbocycles. The average Bonchev–Trinajstić information content (AvgIpc) is 3.11. The van der Waals surface area contributed by atoms with Crippen LogP contribution in [-0.4, -0.2) is 34.7 Å². The van der Waals surface area contributed by atoms with Crippen molar-refractivity contribution in [3.05, 3.63) is 113 Å². The number of piperidine rings is 1. The SMILES string of the molecule is O=C1C(c2ccccc2)=C(N2CCC(Cc3ccccc3)CC2)C(=O)N1Cc1ccccc1. The summed E-state index contributed by atoms with van der Waals surface area (Å²) < 4.78 is 0. The maximum atomic E-state index is 13.6. The fourth-order valence-corrected chi connectivity index (χ4v) is 4.94. The highest BCUT2D eigenvalue weighted by atomic mass is 16.2. The van der Waals surface area contributed by atoms with Gasteiger partial charge in [0, 0.05) is 13.1 Å². The Morgan fingerprint density at radius 1 is 0.667 bits per heavy atom. The average molecular weight is 437 g/mol. The molecule has 5 rings (SSSR count). The van der Waals surface area contributed by atoms with Crippen molar-refractivity contribution in [3.63, 3.8) is 0 Å². The Kier molecular flexibility index (Phi) is 6.07. The van der Waals surface area contributed by atoms with Gasteiger partial charge in [-0.05, 0) is 41.9 Å². The van der Waals surface area contributed by atoms with Crippen molar-refractivity contribution in [2.75, 3.05) is 13.1 Å². The molecule has 1 saturated heterocycles. The standard InChI is InChI=1S/C29H28N2O2/c32-28-26(25-14-8-3-9-15-25)27(29(33)31(28)21-24-12-6-2-7-13-24)30-18-16-23(17-19-30)20-22-10-4-1-5-11-22/h1-15,23H,16-21H2. The molecule has 4 heteroatoms. The first-order valence-electron chi connectivity index (χ1n) is 11.7. The predicted molar refractivity (Wildman–Crippen MR) is 130 cm³/mol. The summed E-state index contributed by atoms with van der Waals surface area (Å²) in [4.78, 5) is 30.6. The van der Waals surface area contributed by atoms with Crippen LogP contribution in [0.25, 0.3) is 5.57 Å². The second-order valence-corrected chi connectivity index (χ2v) is 8.89. The number of likely N-dealkylation sites (tertiary alicyclic amines) is 1. The van der Waals surface area contributed by atoms with Gasteiger partial charge in [0.05, 0.1) is 12.1 Å². The van der Waals surface area contributed by atoms with E-state index in [1.807, 2.05) is 66.7 Å². The lowest BCUT2D eigenvalue weighted by Gasteiger charge is -2.34. The van der Waals surface area contributed by atoms with E-state index >= 15 is 0 Å². The fraction of sp³-hybridized carbons (Fsp3) is 0.241. The zero-order valence-corrected chi connectivity index (χ0v) is 18.7. The van der Waals surface area contributed by atoms with Crippen molar-refractivity contribution in [1.82, 2.24) is 9.80 Å². The van der Waals surface area contributed by atoms with Gasteiger partial charge in [-0.2, -0.15) is 0 Å². The number of hydrogen-bond acceptors (Lipinski definition) is 3. The van der Waals surface area contributed by atoms with E-state index in [1.165, 1.54) is 10.5 Å². The Morgan fingerprint density at radius 3 is 1.82 bits per heavy atom. The summed E-state index contributed by atoms with van der Waals surface area (Å²) in [5.74, 6) is 0.220. The summed E-state index contributed by atoms with van der Waals surface area (Å²) in [7, 11) is 0. The van der Waals surface area contributed by atoms with Crippen LogP contribution < -0.4 is 0 Å². The van der Waals surface area contributed by atoms with E-state index in [0.717, 1.165) is 43.5 Å². The molecule has 0 spiro atoms. The van der Waals surface area contributed by atoms with Crippen LogP contribution in [0.3, 0.4) is 0 Å². The highest BCUT2D eigenvalue weighted by molar-refractivity contribution is 6.35. The van der Waals surface area contributed by atoms with Gasteiger partial charge in [-0.25, -0.2) is 0 Å². The number of rotatable bonds is 6. The van der Waals surface area contributed by atoms with Crippen LogP contribution in [0.1, 0.15) is 29.5 Å². The van der Waals surface area contributed by atoms with Gasteiger partial charge in [-0.15, -0.1) is 0 Å². The van der Waals surface area contributed by atoms with Gasteiger partial charge in [-0.3, -0.25) is 14.5 Å². The molecule has 4 nitrogen and oxygen atoms in total. The first-order chi connectivity index (χ1) is 16.2. The van der Waals surface area contributed by atoms with Gasteiger partial charge in [-0.1, -0.05) is 91.0 Å². The Bertz CT molecular complexity index is 1150. The van der Waals surface area contributed by atoms with E-state index in [4.69, 9.17) is 0 Å². The van der Waals surface area contributed by atoms with Crippen LogP contribution in [0.4, 0.5) is 0 Å². The number of amides is 2. The van der Waals surface area contributed by atoms with Crippen LogP contribution in [-0.2, 0) is 22.6 Å². The van der Waals surface area contributed by atoms with Gasteiger partial charge in [0.1, 0.15) is 5.70 Å². The smallest absolute Gasteiger partial charge is 0.278 e. The molecule has 166 valence electrons. The Labute approximate surface area is 195 Å². The van der Waals surface area contributed by atoms with E-state index in [2.05, 4.69) is 29.2 Å². The summed E-state index contributed by atoms with van der Waals surface area (Å²) in [6.45, 7) is 1.88. The van der Waals surface area contributed by atoms with E-state index in [-0.39, 0.29) is 11.8 Å². The molecule has 3 aromatic rings. The molecule has 2 aliphatic rings. The lowest BCUT2D eigenvalue weighted by molar-refractivity contribution is -0.138. The number of hydrogen-bond donors (Lipinski definition) is 0. The predicted octanol–water partition coefficient (Wildman–Crippen LogP) is 4.92. The zero-order chi connectivity index (χ0) is 22.6. The van der Waals surface area contributed by atoms with Gasteiger partial charge in [0.2, 0.25) is 0 Å². The topological polar surface area (TPSA) is 40.6 Å². The van der Waals surface area contributed by atoms with Gasteiger partial charge >= 0.3 is 0 Å². The van der Waals surface area contributed by atoms with Crippen LogP contribution in [0.5, 0.6) is 0 Å². The molecule has 3 aromatic carbocycles. The Balaban J connectivity index is 1.39. The third kappa shape index (κ3) is 4.47. The summed E-state index contributed by atoms with van der Waals surface area (Å²) in [5, 5.41) is 0. The summed E-state index contributed by atoms with van der Waals surface area (Å²) in [6, 6.07) is 29.9. The van der Waals surface area contributed by atoms with Gasteiger partial charge < -0.3 is 4.90 Å². The Morgan fingerprint density at radius 2 is 1.21 bits per heavy atom. The number of imide groups is 1. The van der Waals surface area contributed by atoms with E-state index in [9.17, 15) is 9.59 Å². The number of carbonyl (C=O) groups excluding carboxylic acids is 2. The maximum absolute atomic E-state index is 13.6. The monoisotopic (exact) mass is 436 g/mol. The summed E-state index contributed by atoms with van der Waals surface area (Å²) >= 11 is 0. The summed E-state index contributed by atoms with van der Waals surface area (Å²) in [6.07, 6.45) is 3.09. The largest absolute Gasteiger partial charge is 0.366 e. The molecule has 0 atom stereocenters. The molecule has 2 amide bonds. The van der Waals surface area contributed by atoms with Crippen molar-refractivity contribution < 1.29 is 9.59 Å². The molecule has 33 heavy (non-hydrogen) atoms. The fourth-order valence-electron chi connectivity index (χ4n) is 4.94. The molecular formula is C29H28N2O2. The molecule has 0 unspecified atom stereocenters. The second kappa shape index (κ2) is 9.45. The van der Waals surface area contributed by atoms with E-state index < -0.39 is 0 Å². The lowest BCUT2D eigenvalue weighted by atomic mass is 9.89. The van der Waals surface area contributed by atoms with E-state index in [1.54, 1.807) is 0 Å². The first-order valence-corrected chi connectivity index (χ1v) is 11.7. The summed E-state index contributed by atoms with van der Waals surface area (Å²) in [5.41, 5.74) is 4.24. The third-order valence-corrected chi connectivity index (χ3v) is 6.69. The van der Waals surface area contributed by atoms with Crippen LogP contribution in [0.15, 0.2) is 96.7 Å². The van der Waals surface area contributed by atoms with Crippen molar-refractivity contribution in [3.8, 4) is 0 Å².